The van der Waals surface area contributed by atoms with E-state index in [0.29, 0.717) is 42.2 Å². The normalized spacial score (nSPS) is 22.1. The zero-order chi connectivity index (χ0) is 25.6. The number of hydrogen-bond donors (Lipinski definition) is 1. The van der Waals surface area contributed by atoms with Crippen molar-refractivity contribution in [1.82, 2.24) is 9.78 Å². The second-order valence-electron chi connectivity index (χ2n) is 11.5. The van der Waals surface area contributed by atoms with Crippen LogP contribution in [-0.2, 0) is 22.4 Å². The molecule has 0 amide bonds. The van der Waals surface area contributed by atoms with Crippen LogP contribution in [-0.4, -0.2) is 39.0 Å². The first-order chi connectivity index (χ1) is 17.2. The molecule has 2 atom stereocenters. The van der Waals surface area contributed by atoms with Crippen molar-refractivity contribution in [2.45, 2.75) is 83.7 Å². The highest BCUT2D eigenvalue weighted by Gasteiger charge is 2.35. The number of ether oxygens (including phenoxy) is 1. The number of allylic oxidation sites excluding steroid dienone is 2. The molecule has 1 aromatic heterocycles. The molecule has 0 aliphatic heterocycles. The highest BCUT2D eigenvalue weighted by atomic mass is 35.5. The molecule has 5 rings (SSSR count). The predicted molar refractivity (Wildman–Crippen MR) is 139 cm³/mol. The average molecular weight is 511 g/mol. The van der Waals surface area contributed by atoms with E-state index in [-0.39, 0.29) is 30.3 Å². The predicted octanol–water partition coefficient (Wildman–Crippen LogP) is 5.72. The Morgan fingerprint density at radius 3 is 2.58 bits per heavy atom. The summed E-state index contributed by atoms with van der Waals surface area (Å²) in [5.74, 6) is -0.0102. The Balaban J connectivity index is 1.49. The Kier molecular flexibility index (Phi) is 6.86. The third-order valence-electron chi connectivity index (χ3n) is 7.56. The largest absolute Gasteiger partial charge is 0.460 e. The quantitative estimate of drug-likeness (QED) is 0.520. The summed E-state index contributed by atoms with van der Waals surface area (Å²) >= 11 is 6.57. The van der Waals surface area contributed by atoms with Crippen molar-refractivity contribution >= 4 is 29.1 Å². The van der Waals surface area contributed by atoms with E-state index in [1.54, 1.807) is 10.7 Å². The first-order valence-corrected chi connectivity index (χ1v) is 13.5. The maximum absolute atomic E-state index is 13.9. The molecule has 1 fully saturated rings. The summed E-state index contributed by atoms with van der Waals surface area (Å²) < 4.78 is 7.15. The summed E-state index contributed by atoms with van der Waals surface area (Å²) in [6.07, 6.45) is 8.51. The summed E-state index contributed by atoms with van der Waals surface area (Å²) in [6.45, 7) is 5.75. The van der Waals surface area contributed by atoms with Crippen LogP contribution >= 0.6 is 11.6 Å². The first-order valence-electron chi connectivity index (χ1n) is 13.1. The van der Waals surface area contributed by atoms with Crippen LogP contribution in [0.2, 0.25) is 5.02 Å². The van der Waals surface area contributed by atoms with E-state index in [2.05, 4.69) is 6.08 Å². The van der Waals surface area contributed by atoms with E-state index in [1.165, 1.54) is 0 Å². The SMILES string of the molecule is CC(C)(C)OC(=O)C1CC=C(c2nn(C(=O)c3c(Cl)cccc3C3CC3)c3c2CCC(CO)C3)CC1. The van der Waals surface area contributed by atoms with Crippen molar-refractivity contribution in [3.8, 4) is 0 Å². The number of carbonyl (C=O) groups is 2. The highest BCUT2D eigenvalue weighted by Crippen LogP contribution is 2.44. The van der Waals surface area contributed by atoms with Crippen LogP contribution < -0.4 is 0 Å². The van der Waals surface area contributed by atoms with Gasteiger partial charge in [0.05, 0.1) is 27.9 Å². The van der Waals surface area contributed by atoms with E-state index in [9.17, 15) is 14.7 Å². The maximum Gasteiger partial charge on any atom is 0.309 e. The third kappa shape index (κ3) is 5.03. The monoisotopic (exact) mass is 510 g/mol. The van der Waals surface area contributed by atoms with Gasteiger partial charge < -0.3 is 9.84 Å². The number of rotatable bonds is 5. The molecule has 1 heterocycles. The van der Waals surface area contributed by atoms with Gasteiger partial charge in [0.15, 0.2) is 0 Å². The molecule has 2 aromatic rings. The van der Waals surface area contributed by atoms with E-state index in [0.717, 1.165) is 53.8 Å². The fraction of sp³-hybridized carbons (Fsp3) is 0.552. The van der Waals surface area contributed by atoms with E-state index < -0.39 is 5.60 Å². The number of esters is 1. The first kappa shape index (κ1) is 25.2. The van der Waals surface area contributed by atoms with Crippen LogP contribution in [0.4, 0.5) is 0 Å². The van der Waals surface area contributed by atoms with Gasteiger partial charge in [0, 0.05) is 12.2 Å². The van der Waals surface area contributed by atoms with E-state index >= 15 is 0 Å². The Hall–Kier alpha value is -2.44. The number of aliphatic hydroxyl groups excluding tert-OH is 1. The fourth-order valence-electron chi connectivity index (χ4n) is 5.52. The topological polar surface area (TPSA) is 81.4 Å². The molecule has 192 valence electrons. The van der Waals surface area contributed by atoms with Crippen molar-refractivity contribution in [3.63, 3.8) is 0 Å². The van der Waals surface area contributed by atoms with Crippen LogP contribution in [0.25, 0.3) is 5.57 Å². The van der Waals surface area contributed by atoms with Crippen LogP contribution in [0.1, 0.15) is 98.1 Å². The van der Waals surface area contributed by atoms with Gasteiger partial charge in [-0.1, -0.05) is 29.8 Å². The highest BCUT2D eigenvalue weighted by molar-refractivity contribution is 6.34. The van der Waals surface area contributed by atoms with E-state index in [4.69, 9.17) is 21.4 Å². The number of fused-ring (bicyclic) bond motifs is 1. The second kappa shape index (κ2) is 9.79. The summed E-state index contributed by atoms with van der Waals surface area (Å²) in [5.41, 5.74) is 4.98. The summed E-state index contributed by atoms with van der Waals surface area (Å²) in [5, 5.41) is 15.2. The molecule has 1 N–H and O–H groups in total. The van der Waals surface area contributed by atoms with Gasteiger partial charge in [-0.25, -0.2) is 0 Å². The molecule has 7 heteroatoms. The zero-order valence-corrected chi connectivity index (χ0v) is 22.1. The lowest BCUT2D eigenvalue weighted by molar-refractivity contribution is -0.160. The van der Waals surface area contributed by atoms with Gasteiger partial charge in [0.1, 0.15) is 5.60 Å². The molecular weight excluding hydrogens is 476 g/mol. The molecule has 1 aromatic carbocycles. The second-order valence-corrected chi connectivity index (χ2v) is 11.9. The Bertz CT molecular complexity index is 1220. The molecule has 0 saturated heterocycles. The fourth-order valence-corrected chi connectivity index (χ4v) is 5.78. The van der Waals surface area contributed by atoms with Gasteiger partial charge in [-0.05, 0) is 101 Å². The molecule has 0 radical (unpaired) electrons. The summed E-state index contributed by atoms with van der Waals surface area (Å²) in [4.78, 5) is 26.5. The van der Waals surface area contributed by atoms with Crippen LogP contribution in [0.5, 0.6) is 0 Å². The van der Waals surface area contributed by atoms with Gasteiger partial charge in [-0.2, -0.15) is 9.78 Å². The molecule has 1 saturated carbocycles. The number of aromatic nitrogens is 2. The lowest BCUT2D eigenvalue weighted by atomic mass is 9.83. The Morgan fingerprint density at radius 1 is 1.17 bits per heavy atom. The van der Waals surface area contributed by atoms with Gasteiger partial charge in [0.25, 0.3) is 5.91 Å². The molecule has 3 aliphatic rings. The molecule has 36 heavy (non-hydrogen) atoms. The van der Waals surface area contributed by atoms with Crippen molar-refractivity contribution in [2.24, 2.45) is 11.8 Å². The molecule has 6 nitrogen and oxygen atoms in total. The van der Waals surface area contributed by atoms with Gasteiger partial charge in [0.2, 0.25) is 0 Å². The number of halogens is 1. The number of nitrogens with zero attached hydrogens (tertiary/aromatic N) is 2. The summed E-state index contributed by atoms with van der Waals surface area (Å²) in [7, 11) is 0. The number of hydrogen-bond acceptors (Lipinski definition) is 5. The Labute approximate surface area is 217 Å². The minimum Gasteiger partial charge on any atom is -0.460 e. The molecule has 0 spiro atoms. The van der Waals surface area contributed by atoms with Crippen LogP contribution in [0.3, 0.4) is 0 Å². The lowest BCUT2D eigenvalue weighted by Crippen LogP contribution is -2.29. The minimum absolute atomic E-state index is 0.0911. The molecular formula is C29H35ClN2O4. The molecule has 2 unspecified atom stereocenters. The molecule has 3 aliphatic carbocycles. The van der Waals surface area contributed by atoms with E-state index in [1.807, 2.05) is 32.9 Å². The molecule has 0 bridgehead atoms. The van der Waals surface area contributed by atoms with Gasteiger partial charge >= 0.3 is 5.97 Å². The van der Waals surface area contributed by atoms with Crippen molar-refractivity contribution in [2.75, 3.05) is 6.61 Å². The van der Waals surface area contributed by atoms with Crippen molar-refractivity contribution < 1.29 is 19.4 Å². The number of aliphatic hydroxyl groups is 1. The standard InChI is InChI=1S/C29H35ClN2O4/c1-29(2,3)36-28(35)20-12-10-19(11-13-20)26-22-14-7-17(16-33)15-24(22)32(31-26)27(34)25-21(18-8-9-18)5-4-6-23(25)30/h4-6,10,17-18,20,33H,7-9,11-16H2,1-3H3. The number of carbonyl (C=O) groups excluding carboxylic acids is 2. The average Bonchev–Trinajstić information content (AvgIpc) is 3.62. The van der Waals surface area contributed by atoms with Crippen molar-refractivity contribution in [3.05, 3.63) is 57.4 Å². The van der Waals surface area contributed by atoms with Crippen molar-refractivity contribution in [1.29, 1.82) is 0 Å². The number of benzene rings is 1. The zero-order valence-electron chi connectivity index (χ0n) is 21.3. The van der Waals surface area contributed by atoms with Gasteiger partial charge in [-0.3, -0.25) is 9.59 Å². The van der Waals surface area contributed by atoms with Gasteiger partial charge in [-0.15, -0.1) is 0 Å². The lowest BCUT2D eigenvalue weighted by Gasteiger charge is -2.26. The smallest absolute Gasteiger partial charge is 0.309 e. The maximum atomic E-state index is 13.9. The van der Waals surface area contributed by atoms with Crippen LogP contribution in [0, 0.1) is 11.8 Å². The Morgan fingerprint density at radius 2 is 1.94 bits per heavy atom. The minimum atomic E-state index is -0.499. The third-order valence-corrected chi connectivity index (χ3v) is 7.87. The summed E-state index contributed by atoms with van der Waals surface area (Å²) in [6, 6.07) is 5.69. The van der Waals surface area contributed by atoms with Crippen LogP contribution in [0.15, 0.2) is 24.3 Å².